The van der Waals surface area contributed by atoms with Gasteiger partial charge in [-0.2, -0.15) is 0 Å². The first kappa shape index (κ1) is 10.7. The molecule has 0 N–H and O–H groups in total. The minimum atomic E-state index is 0.132. The molecule has 0 radical (unpaired) electrons. The summed E-state index contributed by atoms with van der Waals surface area (Å²) in [6.45, 7) is 3.92. The molecule has 0 spiro atoms. The van der Waals surface area contributed by atoms with E-state index in [0.29, 0.717) is 5.78 Å². The highest BCUT2D eigenvalue weighted by Gasteiger charge is 2.45. The van der Waals surface area contributed by atoms with Crippen LogP contribution in [0.2, 0.25) is 0 Å². The van der Waals surface area contributed by atoms with E-state index in [1.807, 2.05) is 30.0 Å². The van der Waals surface area contributed by atoms with Crippen LogP contribution in [-0.2, 0) is 4.79 Å². The van der Waals surface area contributed by atoms with Gasteiger partial charge in [0.2, 0.25) is 0 Å². The molecule has 2 rings (SSSR count). The summed E-state index contributed by atoms with van der Waals surface area (Å²) in [4.78, 5) is 12.7. The molecule has 0 aliphatic heterocycles. The van der Waals surface area contributed by atoms with Crippen LogP contribution in [0, 0.1) is 5.92 Å². The Morgan fingerprint density at radius 2 is 2.07 bits per heavy atom. The summed E-state index contributed by atoms with van der Waals surface area (Å²) in [5, 5.41) is 0. The van der Waals surface area contributed by atoms with Crippen LogP contribution in [0.15, 0.2) is 35.2 Å². The molecular formula is C13H16OS. The highest BCUT2D eigenvalue weighted by Crippen LogP contribution is 2.51. The summed E-state index contributed by atoms with van der Waals surface area (Å²) >= 11 is 1.85. The lowest BCUT2D eigenvalue weighted by atomic mass is 9.72. The molecule has 1 aromatic carbocycles. The van der Waals surface area contributed by atoms with Crippen LogP contribution in [0.5, 0.6) is 0 Å². The van der Waals surface area contributed by atoms with Gasteiger partial charge in [0.05, 0.1) is 0 Å². The minimum absolute atomic E-state index is 0.132. The SMILES string of the molecule is CC(=O)[C@@H]1CC[C@]1(C)Sc1ccccc1. The van der Waals surface area contributed by atoms with E-state index in [2.05, 4.69) is 19.1 Å². The molecule has 2 heteroatoms. The minimum Gasteiger partial charge on any atom is -0.300 e. The van der Waals surface area contributed by atoms with Gasteiger partial charge in [-0.25, -0.2) is 0 Å². The van der Waals surface area contributed by atoms with Crippen LogP contribution in [0.3, 0.4) is 0 Å². The van der Waals surface area contributed by atoms with E-state index >= 15 is 0 Å². The number of carbonyl (C=O) groups is 1. The molecule has 1 nitrogen and oxygen atoms in total. The number of hydrogen-bond donors (Lipinski definition) is 0. The van der Waals surface area contributed by atoms with Gasteiger partial charge in [-0.3, -0.25) is 4.79 Å². The third-order valence-corrected chi connectivity index (χ3v) is 4.71. The van der Waals surface area contributed by atoms with Gasteiger partial charge in [0, 0.05) is 15.6 Å². The molecule has 0 amide bonds. The lowest BCUT2D eigenvalue weighted by Crippen LogP contribution is -2.45. The molecule has 0 heterocycles. The second kappa shape index (κ2) is 4.01. The second-order valence-electron chi connectivity index (χ2n) is 4.43. The molecule has 80 valence electrons. The molecule has 15 heavy (non-hydrogen) atoms. The molecule has 0 bridgehead atoms. The topological polar surface area (TPSA) is 17.1 Å². The maximum absolute atomic E-state index is 11.4. The van der Waals surface area contributed by atoms with Gasteiger partial charge in [0.15, 0.2) is 0 Å². The lowest BCUT2D eigenvalue weighted by molar-refractivity contribution is -0.124. The van der Waals surface area contributed by atoms with Crippen molar-refractivity contribution in [1.82, 2.24) is 0 Å². The van der Waals surface area contributed by atoms with Crippen molar-refractivity contribution >= 4 is 17.5 Å². The molecular weight excluding hydrogens is 204 g/mol. The van der Waals surface area contributed by atoms with Crippen molar-refractivity contribution in [3.05, 3.63) is 30.3 Å². The molecule has 0 aromatic heterocycles. The normalized spacial score (nSPS) is 29.6. The van der Waals surface area contributed by atoms with Crippen molar-refractivity contribution in [3.63, 3.8) is 0 Å². The van der Waals surface area contributed by atoms with Gasteiger partial charge in [-0.1, -0.05) is 18.2 Å². The number of hydrogen-bond acceptors (Lipinski definition) is 2. The number of thioether (sulfide) groups is 1. The highest BCUT2D eigenvalue weighted by molar-refractivity contribution is 8.00. The van der Waals surface area contributed by atoms with E-state index in [-0.39, 0.29) is 10.7 Å². The van der Waals surface area contributed by atoms with Crippen LogP contribution >= 0.6 is 11.8 Å². The molecule has 1 aliphatic rings. The average molecular weight is 220 g/mol. The van der Waals surface area contributed by atoms with Gasteiger partial charge >= 0.3 is 0 Å². The molecule has 1 aromatic rings. The first-order valence-corrected chi connectivity index (χ1v) is 6.18. The first-order valence-electron chi connectivity index (χ1n) is 5.36. The van der Waals surface area contributed by atoms with Gasteiger partial charge in [-0.05, 0) is 38.8 Å². The third kappa shape index (κ3) is 2.10. The van der Waals surface area contributed by atoms with Crippen molar-refractivity contribution in [2.24, 2.45) is 5.92 Å². The quantitative estimate of drug-likeness (QED) is 0.775. The summed E-state index contributed by atoms with van der Waals surface area (Å²) in [5.41, 5.74) is 0. The first-order chi connectivity index (χ1) is 7.12. The maximum Gasteiger partial charge on any atom is 0.134 e. The van der Waals surface area contributed by atoms with E-state index in [1.54, 1.807) is 6.92 Å². The molecule has 0 unspecified atom stereocenters. The van der Waals surface area contributed by atoms with E-state index in [9.17, 15) is 4.79 Å². The Morgan fingerprint density at radius 1 is 1.40 bits per heavy atom. The smallest absolute Gasteiger partial charge is 0.134 e. The summed E-state index contributed by atoms with van der Waals surface area (Å²) in [7, 11) is 0. The number of Topliss-reactive ketones (excluding diaryl/α,β-unsaturated/α-hetero) is 1. The fourth-order valence-corrected chi connectivity index (χ4v) is 3.69. The van der Waals surface area contributed by atoms with Crippen LogP contribution in [0.1, 0.15) is 26.7 Å². The maximum atomic E-state index is 11.4. The summed E-state index contributed by atoms with van der Waals surface area (Å²) < 4.78 is 0.132. The van der Waals surface area contributed by atoms with Crippen LogP contribution < -0.4 is 0 Å². The van der Waals surface area contributed by atoms with Crippen molar-refractivity contribution in [1.29, 1.82) is 0 Å². The Hall–Kier alpha value is -0.760. The van der Waals surface area contributed by atoms with Crippen molar-refractivity contribution < 1.29 is 4.79 Å². The second-order valence-corrected chi connectivity index (χ2v) is 6.04. The Balaban J connectivity index is 2.09. The standard InChI is InChI=1S/C13H16OS/c1-10(14)12-8-9-13(12,2)15-11-6-4-3-5-7-11/h3-7,12H,8-9H2,1-2H3/t12-,13-/m0/s1. The highest BCUT2D eigenvalue weighted by atomic mass is 32.2. The Labute approximate surface area is 95.3 Å². The van der Waals surface area contributed by atoms with Crippen LogP contribution in [-0.4, -0.2) is 10.5 Å². The Bertz CT molecular complexity index is 360. The van der Waals surface area contributed by atoms with E-state index in [4.69, 9.17) is 0 Å². The zero-order chi connectivity index (χ0) is 10.9. The number of rotatable bonds is 3. The zero-order valence-electron chi connectivity index (χ0n) is 9.19. The van der Waals surface area contributed by atoms with Crippen molar-refractivity contribution in [2.75, 3.05) is 0 Å². The molecule has 1 saturated carbocycles. The average Bonchev–Trinajstić information content (AvgIpc) is 2.17. The van der Waals surface area contributed by atoms with Gasteiger partial charge < -0.3 is 0 Å². The van der Waals surface area contributed by atoms with Crippen LogP contribution in [0.25, 0.3) is 0 Å². The summed E-state index contributed by atoms with van der Waals surface area (Å²) in [5.74, 6) is 0.592. The van der Waals surface area contributed by atoms with Gasteiger partial charge in [0.25, 0.3) is 0 Å². The van der Waals surface area contributed by atoms with Crippen molar-refractivity contribution in [2.45, 2.75) is 36.3 Å². The predicted molar refractivity (Wildman–Crippen MR) is 64.1 cm³/mol. The summed E-state index contributed by atoms with van der Waals surface area (Å²) in [6.07, 6.45) is 2.21. The Kier molecular flexibility index (Phi) is 2.87. The largest absolute Gasteiger partial charge is 0.300 e. The third-order valence-electron chi connectivity index (χ3n) is 3.25. The van der Waals surface area contributed by atoms with E-state index in [1.165, 1.54) is 4.90 Å². The number of carbonyl (C=O) groups excluding carboxylic acids is 1. The molecule has 1 fully saturated rings. The van der Waals surface area contributed by atoms with E-state index in [0.717, 1.165) is 12.8 Å². The van der Waals surface area contributed by atoms with Crippen molar-refractivity contribution in [3.8, 4) is 0 Å². The monoisotopic (exact) mass is 220 g/mol. The summed E-state index contributed by atoms with van der Waals surface area (Å²) in [6, 6.07) is 10.4. The molecule has 0 saturated heterocycles. The fourth-order valence-electron chi connectivity index (χ4n) is 2.21. The van der Waals surface area contributed by atoms with Crippen LogP contribution in [0.4, 0.5) is 0 Å². The number of ketones is 1. The fraction of sp³-hybridized carbons (Fsp3) is 0.462. The Morgan fingerprint density at radius 3 is 2.53 bits per heavy atom. The lowest BCUT2D eigenvalue weighted by Gasteiger charge is -2.45. The van der Waals surface area contributed by atoms with Gasteiger partial charge in [-0.15, -0.1) is 11.8 Å². The molecule has 2 atom stereocenters. The zero-order valence-corrected chi connectivity index (χ0v) is 10.0. The van der Waals surface area contributed by atoms with Gasteiger partial charge in [0.1, 0.15) is 5.78 Å². The predicted octanol–water partition coefficient (Wildman–Crippen LogP) is 3.54. The molecule has 1 aliphatic carbocycles. The van der Waals surface area contributed by atoms with E-state index < -0.39 is 0 Å². The number of benzene rings is 1.